The van der Waals surface area contributed by atoms with Crippen molar-refractivity contribution in [1.29, 1.82) is 0 Å². The maximum absolute atomic E-state index is 9.86. The number of nitrogens with zero attached hydrogens (tertiary/aromatic N) is 1. The van der Waals surface area contributed by atoms with Gasteiger partial charge in [-0.05, 0) is 31.4 Å². The van der Waals surface area contributed by atoms with Crippen LogP contribution in [0.2, 0.25) is 0 Å². The second-order valence-corrected chi connectivity index (χ2v) is 4.88. The zero-order valence-corrected chi connectivity index (χ0v) is 10.0. The Morgan fingerprint density at radius 3 is 2.56 bits per heavy atom. The van der Waals surface area contributed by atoms with Crippen molar-refractivity contribution < 1.29 is 5.11 Å². The zero-order chi connectivity index (χ0) is 11.4. The number of aliphatic hydroxyl groups is 1. The first-order valence-corrected chi connectivity index (χ1v) is 6.20. The van der Waals surface area contributed by atoms with E-state index in [0.717, 1.165) is 32.5 Å². The van der Waals surface area contributed by atoms with Crippen molar-refractivity contribution in [2.75, 3.05) is 19.6 Å². The molecule has 1 saturated heterocycles. The lowest BCUT2D eigenvalue weighted by molar-refractivity contribution is -0.0993. The van der Waals surface area contributed by atoms with Crippen LogP contribution in [0.25, 0.3) is 0 Å². The zero-order valence-electron chi connectivity index (χ0n) is 10.0. The molecule has 1 heterocycles. The second-order valence-electron chi connectivity index (χ2n) is 4.88. The minimum Gasteiger partial charge on any atom is -0.387 e. The Bertz CT molecular complexity index is 317. The van der Waals surface area contributed by atoms with Crippen molar-refractivity contribution in [3.63, 3.8) is 0 Å². The van der Waals surface area contributed by atoms with Crippen LogP contribution in [0.15, 0.2) is 30.3 Å². The molecule has 2 rings (SSSR count). The van der Waals surface area contributed by atoms with E-state index in [1.54, 1.807) is 0 Å². The van der Waals surface area contributed by atoms with Crippen molar-refractivity contribution in [3.8, 4) is 0 Å². The normalized spacial score (nSPS) is 19.4. The summed E-state index contributed by atoms with van der Waals surface area (Å²) in [6.07, 6.45) is 3.20. The largest absolute Gasteiger partial charge is 0.387 e. The maximum Gasteiger partial charge on any atom is 0.0897 e. The Hall–Kier alpha value is -0.860. The predicted octanol–water partition coefficient (Wildman–Crippen LogP) is 2.08. The van der Waals surface area contributed by atoms with Crippen LogP contribution in [0.5, 0.6) is 0 Å². The number of aryl methyl sites for hydroxylation is 1. The average Bonchev–Trinajstić information content (AvgIpc) is 2.28. The summed E-state index contributed by atoms with van der Waals surface area (Å²) in [5.41, 5.74) is 1.03. The van der Waals surface area contributed by atoms with Gasteiger partial charge in [-0.1, -0.05) is 37.3 Å². The minimum atomic E-state index is -0.382. The molecule has 0 radical (unpaired) electrons. The van der Waals surface area contributed by atoms with Gasteiger partial charge in [0.25, 0.3) is 0 Å². The first-order chi connectivity index (χ1) is 7.72. The fraction of sp³-hybridized carbons (Fsp3) is 0.571. The van der Waals surface area contributed by atoms with E-state index in [0.29, 0.717) is 0 Å². The van der Waals surface area contributed by atoms with E-state index in [2.05, 4.69) is 42.2 Å². The summed E-state index contributed by atoms with van der Waals surface area (Å²) in [6, 6.07) is 10.6. The first kappa shape index (κ1) is 11.6. The van der Waals surface area contributed by atoms with Gasteiger partial charge < -0.3 is 5.11 Å². The Morgan fingerprint density at radius 2 is 1.94 bits per heavy atom. The summed E-state index contributed by atoms with van der Waals surface area (Å²) in [5, 5.41) is 9.86. The van der Waals surface area contributed by atoms with Gasteiger partial charge in [0, 0.05) is 13.1 Å². The summed E-state index contributed by atoms with van der Waals surface area (Å²) in [6.45, 7) is 4.88. The summed E-state index contributed by atoms with van der Waals surface area (Å²) in [7, 11) is 0. The molecule has 0 unspecified atom stereocenters. The molecule has 1 aliphatic rings. The van der Waals surface area contributed by atoms with Gasteiger partial charge in [0.15, 0.2) is 0 Å². The van der Waals surface area contributed by atoms with E-state index in [9.17, 15) is 5.11 Å². The molecule has 1 aromatic rings. The van der Waals surface area contributed by atoms with Crippen LogP contribution in [0.4, 0.5) is 0 Å². The lowest BCUT2D eigenvalue weighted by Crippen LogP contribution is -2.61. The number of rotatable bonds is 5. The molecule has 2 nitrogen and oxygen atoms in total. The van der Waals surface area contributed by atoms with Crippen molar-refractivity contribution in [2.24, 2.45) is 0 Å². The number of hydrogen-bond donors (Lipinski definition) is 1. The van der Waals surface area contributed by atoms with E-state index in [1.807, 2.05) is 0 Å². The Labute approximate surface area is 97.9 Å². The van der Waals surface area contributed by atoms with Crippen LogP contribution in [-0.2, 0) is 6.42 Å². The second kappa shape index (κ2) is 4.98. The third-order valence-electron chi connectivity index (χ3n) is 3.48. The summed E-state index contributed by atoms with van der Waals surface area (Å²) >= 11 is 0. The molecular formula is C14H21NO. The third-order valence-corrected chi connectivity index (χ3v) is 3.48. The molecule has 0 amide bonds. The fourth-order valence-electron chi connectivity index (χ4n) is 2.32. The Morgan fingerprint density at radius 1 is 1.25 bits per heavy atom. The Kier molecular flexibility index (Phi) is 3.62. The van der Waals surface area contributed by atoms with Gasteiger partial charge in [-0.2, -0.15) is 0 Å². The van der Waals surface area contributed by atoms with Crippen molar-refractivity contribution in [3.05, 3.63) is 35.9 Å². The number of hydrogen-bond acceptors (Lipinski definition) is 2. The molecule has 0 aliphatic carbocycles. The summed E-state index contributed by atoms with van der Waals surface area (Å²) in [5.74, 6) is 0. The first-order valence-electron chi connectivity index (χ1n) is 6.20. The highest BCUT2D eigenvalue weighted by atomic mass is 16.3. The van der Waals surface area contributed by atoms with Crippen LogP contribution >= 0.6 is 0 Å². The van der Waals surface area contributed by atoms with Gasteiger partial charge in [0.05, 0.1) is 5.60 Å². The van der Waals surface area contributed by atoms with Crippen LogP contribution < -0.4 is 0 Å². The van der Waals surface area contributed by atoms with Crippen molar-refractivity contribution >= 4 is 0 Å². The Balaban J connectivity index is 1.64. The highest BCUT2D eigenvalue weighted by molar-refractivity contribution is 5.14. The summed E-state index contributed by atoms with van der Waals surface area (Å²) in [4.78, 5) is 2.34. The number of benzene rings is 1. The van der Waals surface area contributed by atoms with Crippen molar-refractivity contribution in [2.45, 2.75) is 31.8 Å². The van der Waals surface area contributed by atoms with Crippen molar-refractivity contribution in [1.82, 2.24) is 4.90 Å². The van der Waals surface area contributed by atoms with Gasteiger partial charge in [0.1, 0.15) is 0 Å². The predicted molar refractivity (Wildman–Crippen MR) is 66.4 cm³/mol. The highest BCUT2D eigenvalue weighted by Crippen LogP contribution is 2.23. The molecule has 0 aromatic heterocycles. The van der Waals surface area contributed by atoms with E-state index < -0.39 is 0 Å². The molecule has 2 heteroatoms. The van der Waals surface area contributed by atoms with Gasteiger partial charge in [0.2, 0.25) is 0 Å². The topological polar surface area (TPSA) is 23.5 Å². The quantitative estimate of drug-likeness (QED) is 0.819. The van der Waals surface area contributed by atoms with E-state index >= 15 is 0 Å². The standard InChI is InChI=1S/C14H21NO/c1-2-14(16)11-15(12-14)10-6-9-13-7-4-3-5-8-13/h3-5,7-8,16H,2,6,9-12H2,1H3. The monoisotopic (exact) mass is 219 g/mol. The molecule has 1 fully saturated rings. The maximum atomic E-state index is 9.86. The van der Waals surface area contributed by atoms with E-state index in [-0.39, 0.29) is 5.60 Å². The molecule has 1 aromatic carbocycles. The fourth-order valence-corrected chi connectivity index (χ4v) is 2.32. The number of β-amino-alcohol motifs (C(OH)–C–C–N with tert-alkyl or cyclic N) is 1. The lowest BCUT2D eigenvalue weighted by Gasteiger charge is -2.46. The minimum absolute atomic E-state index is 0.382. The van der Waals surface area contributed by atoms with Gasteiger partial charge in [-0.3, -0.25) is 4.90 Å². The lowest BCUT2D eigenvalue weighted by atomic mass is 9.91. The molecule has 1 aliphatic heterocycles. The number of likely N-dealkylation sites (tertiary alicyclic amines) is 1. The SMILES string of the molecule is CCC1(O)CN(CCCc2ccccc2)C1. The molecule has 0 bridgehead atoms. The van der Waals surface area contributed by atoms with Gasteiger partial charge in [-0.25, -0.2) is 0 Å². The molecule has 0 saturated carbocycles. The van der Waals surface area contributed by atoms with Crippen LogP contribution in [-0.4, -0.2) is 35.2 Å². The average molecular weight is 219 g/mol. The molecule has 0 spiro atoms. The highest BCUT2D eigenvalue weighted by Gasteiger charge is 2.38. The molecule has 0 atom stereocenters. The van der Waals surface area contributed by atoms with E-state index in [1.165, 1.54) is 12.0 Å². The summed E-state index contributed by atoms with van der Waals surface area (Å²) < 4.78 is 0. The van der Waals surface area contributed by atoms with Gasteiger partial charge >= 0.3 is 0 Å². The molecule has 16 heavy (non-hydrogen) atoms. The third kappa shape index (κ3) is 2.83. The molecular weight excluding hydrogens is 198 g/mol. The molecule has 88 valence electrons. The van der Waals surface area contributed by atoms with Crippen LogP contribution in [0.3, 0.4) is 0 Å². The van der Waals surface area contributed by atoms with Crippen LogP contribution in [0, 0.1) is 0 Å². The molecule has 1 N–H and O–H groups in total. The smallest absolute Gasteiger partial charge is 0.0897 e. The van der Waals surface area contributed by atoms with Crippen LogP contribution in [0.1, 0.15) is 25.3 Å². The van der Waals surface area contributed by atoms with E-state index in [4.69, 9.17) is 0 Å². The van der Waals surface area contributed by atoms with Gasteiger partial charge in [-0.15, -0.1) is 0 Å².